The van der Waals surface area contributed by atoms with Crippen LogP contribution in [0.15, 0.2) is 52.0 Å². The summed E-state index contributed by atoms with van der Waals surface area (Å²) in [5.41, 5.74) is 4.63. The molecule has 2 atom stereocenters. The van der Waals surface area contributed by atoms with Crippen LogP contribution in [0, 0.1) is 17.1 Å². The zero-order valence-corrected chi connectivity index (χ0v) is 14.7. The lowest BCUT2D eigenvalue weighted by Crippen LogP contribution is -2.45. The van der Waals surface area contributed by atoms with Crippen LogP contribution in [-0.2, 0) is 5.54 Å². The van der Waals surface area contributed by atoms with Gasteiger partial charge in [0.15, 0.2) is 5.17 Å². The molecule has 0 fully saturated rings. The van der Waals surface area contributed by atoms with Gasteiger partial charge in [-0.05, 0) is 30.7 Å². The smallest absolute Gasteiger partial charge is 0.156 e. The fraction of sp³-hybridized carbons (Fsp3) is 0.250. The van der Waals surface area contributed by atoms with Crippen LogP contribution in [0.2, 0.25) is 0 Å². The normalized spacial score (nSPS) is 27.8. The fourth-order valence-electron chi connectivity index (χ4n) is 2.52. The molecule has 0 saturated heterocycles. The van der Waals surface area contributed by atoms with E-state index < -0.39 is 22.8 Å². The number of halogens is 3. The fourth-order valence-corrected chi connectivity index (χ4v) is 3.94. The van der Waals surface area contributed by atoms with E-state index in [1.165, 1.54) is 24.3 Å². The summed E-state index contributed by atoms with van der Waals surface area (Å²) in [6.45, 7) is 4.72. The molecule has 0 spiro atoms. The first-order chi connectivity index (χ1) is 10.8. The maximum Gasteiger partial charge on any atom is 0.156 e. The van der Waals surface area contributed by atoms with Crippen LogP contribution >= 0.6 is 27.7 Å². The van der Waals surface area contributed by atoms with Crippen molar-refractivity contribution in [2.45, 2.75) is 17.2 Å². The van der Waals surface area contributed by atoms with E-state index >= 15 is 0 Å². The monoisotopic (exact) mass is 397 g/mol. The van der Waals surface area contributed by atoms with Crippen molar-refractivity contribution in [3.8, 4) is 6.07 Å². The van der Waals surface area contributed by atoms with Gasteiger partial charge in [-0.1, -0.05) is 40.3 Å². The van der Waals surface area contributed by atoms with Gasteiger partial charge in [-0.15, -0.1) is 0 Å². The number of alkyl halides is 1. The predicted molar refractivity (Wildman–Crippen MR) is 93.3 cm³/mol. The quantitative estimate of drug-likeness (QED) is 0.613. The summed E-state index contributed by atoms with van der Waals surface area (Å²) in [6.07, 6.45) is 2.85. The third-order valence-corrected chi connectivity index (χ3v) is 5.36. The van der Waals surface area contributed by atoms with Crippen molar-refractivity contribution in [2.24, 2.45) is 10.7 Å². The Labute approximate surface area is 146 Å². The molecule has 2 N–H and O–H groups in total. The molecule has 2 rings (SSSR count). The molecule has 3 nitrogen and oxygen atoms in total. The van der Waals surface area contributed by atoms with Crippen LogP contribution in [0.4, 0.5) is 8.78 Å². The molecule has 0 aromatic heterocycles. The summed E-state index contributed by atoms with van der Waals surface area (Å²) >= 11 is 4.41. The molecular formula is C16H14BrF2N3S. The Morgan fingerprint density at radius 1 is 1.57 bits per heavy atom. The third kappa shape index (κ3) is 3.06. The number of benzene rings is 1. The van der Waals surface area contributed by atoms with Crippen LogP contribution < -0.4 is 5.73 Å². The number of aliphatic imine (C=N–C) groups is 1. The van der Waals surface area contributed by atoms with Crippen LogP contribution in [0.1, 0.15) is 12.5 Å². The minimum absolute atomic E-state index is 0.0548. The molecule has 0 amide bonds. The number of nitrogens with two attached hydrogens (primary N) is 1. The number of hydrogen-bond acceptors (Lipinski definition) is 4. The number of hydrogen-bond donors (Lipinski definition) is 1. The first kappa shape index (κ1) is 17.7. The Balaban J connectivity index is 2.72. The van der Waals surface area contributed by atoms with Gasteiger partial charge >= 0.3 is 0 Å². The second kappa shape index (κ2) is 6.46. The molecule has 0 saturated carbocycles. The Morgan fingerprint density at radius 3 is 2.87 bits per heavy atom. The average molecular weight is 398 g/mol. The Kier molecular flexibility index (Phi) is 4.97. The summed E-state index contributed by atoms with van der Waals surface area (Å²) < 4.78 is 28.2. The first-order valence-electron chi connectivity index (χ1n) is 6.62. The lowest BCUT2D eigenvalue weighted by atomic mass is 9.78. The molecule has 0 unspecified atom stereocenters. The number of rotatable bonds is 3. The number of allylic oxidation sites excluding steroid dienone is 1. The summed E-state index contributed by atoms with van der Waals surface area (Å²) in [5, 5.41) is 8.88. The van der Waals surface area contributed by atoms with Gasteiger partial charge in [-0.2, -0.15) is 5.26 Å². The van der Waals surface area contributed by atoms with Gasteiger partial charge in [0.05, 0.1) is 10.8 Å². The molecular weight excluding hydrogens is 384 g/mol. The number of thioether (sulfide) groups is 1. The molecule has 120 valence electrons. The van der Waals surface area contributed by atoms with Crippen molar-refractivity contribution in [1.29, 1.82) is 5.26 Å². The molecule has 0 bridgehead atoms. The van der Waals surface area contributed by atoms with Crippen molar-refractivity contribution < 1.29 is 8.78 Å². The van der Waals surface area contributed by atoms with E-state index in [0.717, 1.165) is 11.8 Å². The molecule has 1 aromatic carbocycles. The SMILES string of the molecule is C=C1[C@@](C)(/C=C/C#N)SC(N)=N[C@]1(CF)c1cc(Br)ccc1F. The van der Waals surface area contributed by atoms with E-state index in [0.29, 0.717) is 10.0 Å². The maximum atomic E-state index is 14.4. The molecule has 23 heavy (non-hydrogen) atoms. The highest BCUT2D eigenvalue weighted by molar-refractivity contribution is 9.10. The third-order valence-electron chi connectivity index (χ3n) is 3.76. The highest BCUT2D eigenvalue weighted by atomic mass is 79.9. The van der Waals surface area contributed by atoms with Gasteiger partial charge in [0.2, 0.25) is 0 Å². The van der Waals surface area contributed by atoms with Gasteiger partial charge in [-0.3, -0.25) is 0 Å². The van der Waals surface area contributed by atoms with Crippen LogP contribution in [0.3, 0.4) is 0 Å². The lowest BCUT2D eigenvalue weighted by molar-refractivity contribution is 0.336. The van der Waals surface area contributed by atoms with E-state index in [4.69, 9.17) is 11.0 Å². The molecule has 1 aromatic rings. The summed E-state index contributed by atoms with van der Waals surface area (Å²) in [4.78, 5) is 4.19. The molecule has 1 heterocycles. The average Bonchev–Trinajstić information content (AvgIpc) is 2.51. The summed E-state index contributed by atoms with van der Waals surface area (Å²) in [6, 6.07) is 6.12. The first-order valence-corrected chi connectivity index (χ1v) is 8.23. The van der Waals surface area contributed by atoms with Crippen molar-refractivity contribution in [3.05, 3.63) is 58.4 Å². The number of nitrogens with zero attached hydrogens (tertiary/aromatic N) is 2. The standard InChI is InChI=1S/C16H14BrF2N3S/c1-10-15(2,6-3-7-20)23-14(21)22-16(10,9-18)12-8-11(17)4-5-13(12)19/h3-6,8H,1,9H2,2H3,(H2,21,22)/b6-3+/t15-,16+/m1/s1. The highest BCUT2D eigenvalue weighted by Gasteiger charge is 2.49. The van der Waals surface area contributed by atoms with E-state index in [1.54, 1.807) is 13.0 Å². The van der Waals surface area contributed by atoms with Crippen LogP contribution in [0.5, 0.6) is 0 Å². The Morgan fingerprint density at radius 2 is 2.26 bits per heavy atom. The van der Waals surface area contributed by atoms with Gasteiger partial charge in [0.25, 0.3) is 0 Å². The number of amidine groups is 1. The molecule has 7 heteroatoms. The zero-order chi connectivity index (χ0) is 17.3. The minimum atomic E-state index is -1.63. The van der Waals surface area contributed by atoms with Crippen LogP contribution in [-0.4, -0.2) is 16.6 Å². The number of nitriles is 1. The molecule has 1 aliphatic heterocycles. The van der Waals surface area contributed by atoms with Crippen molar-refractivity contribution in [1.82, 2.24) is 0 Å². The zero-order valence-electron chi connectivity index (χ0n) is 12.3. The van der Waals surface area contributed by atoms with Crippen molar-refractivity contribution in [2.75, 3.05) is 6.67 Å². The highest BCUT2D eigenvalue weighted by Crippen LogP contribution is 2.50. The molecule has 0 aliphatic carbocycles. The van der Waals surface area contributed by atoms with Gasteiger partial charge in [-0.25, -0.2) is 13.8 Å². The molecule has 1 aliphatic rings. The van der Waals surface area contributed by atoms with Gasteiger partial charge in [0, 0.05) is 16.1 Å². The topological polar surface area (TPSA) is 62.2 Å². The van der Waals surface area contributed by atoms with Crippen LogP contribution in [0.25, 0.3) is 0 Å². The van der Waals surface area contributed by atoms with Gasteiger partial charge < -0.3 is 5.73 Å². The predicted octanol–water partition coefficient (Wildman–Crippen LogP) is 4.21. The Hall–Kier alpha value is -1.65. The minimum Gasteiger partial charge on any atom is -0.378 e. The van der Waals surface area contributed by atoms with E-state index in [-0.39, 0.29) is 10.7 Å². The summed E-state index contributed by atoms with van der Waals surface area (Å²) in [7, 11) is 0. The van der Waals surface area contributed by atoms with E-state index in [2.05, 4.69) is 27.5 Å². The molecule has 0 radical (unpaired) electrons. The van der Waals surface area contributed by atoms with Crippen molar-refractivity contribution in [3.63, 3.8) is 0 Å². The lowest BCUT2D eigenvalue weighted by Gasteiger charge is -2.42. The summed E-state index contributed by atoms with van der Waals surface area (Å²) in [5.74, 6) is -0.595. The Bertz CT molecular complexity index is 756. The van der Waals surface area contributed by atoms with E-state index in [1.807, 2.05) is 6.07 Å². The van der Waals surface area contributed by atoms with E-state index in [9.17, 15) is 8.78 Å². The maximum absolute atomic E-state index is 14.4. The van der Waals surface area contributed by atoms with Gasteiger partial charge in [0.1, 0.15) is 18.0 Å². The second-order valence-corrected chi connectivity index (χ2v) is 7.60. The largest absolute Gasteiger partial charge is 0.378 e. The van der Waals surface area contributed by atoms with Crippen molar-refractivity contribution >= 4 is 32.9 Å². The second-order valence-electron chi connectivity index (χ2n) is 5.22.